The maximum Gasteiger partial charge on any atom is 0.310 e. The molecule has 0 saturated heterocycles. The van der Waals surface area contributed by atoms with Gasteiger partial charge in [-0.25, -0.2) is 0 Å². The molecular weight excluding hydrogens is 721 g/mol. The van der Waals surface area contributed by atoms with E-state index in [0.29, 0.717) is 46.6 Å². The topological polar surface area (TPSA) is 121 Å². The molecule has 4 atom stereocenters. The van der Waals surface area contributed by atoms with Crippen molar-refractivity contribution in [1.82, 2.24) is 0 Å². The van der Waals surface area contributed by atoms with Gasteiger partial charge < -0.3 is 8.37 Å². The van der Waals surface area contributed by atoms with Gasteiger partial charge in [0.05, 0.1) is 22.3 Å². The Morgan fingerprint density at radius 1 is 0.519 bits per heavy atom. The van der Waals surface area contributed by atoms with Gasteiger partial charge in [-0.15, -0.1) is 0 Å². The van der Waals surface area contributed by atoms with Gasteiger partial charge in [-0.1, -0.05) is 100 Å². The molecule has 10 heteroatoms. The van der Waals surface area contributed by atoms with Crippen molar-refractivity contribution in [1.29, 1.82) is 0 Å². The van der Waals surface area contributed by atoms with Crippen LogP contribution in [0.25, 0.3) is 0 Å². The monoisotopic (exact) mass is 764 g/mol. The zero-order valence-corrected chi connectivity index (χ0v) is 32.6. The number of carbonyl (C=O) groups excluding carboxylic acids is 2. The van der Waals surface area contributed by atoms with E-state index in [0.717, 1.165) is 33.7 Å². The van der Waals surface area contributed by atoms with E-state index in [-0.39, 0.29) is 34.9 Å². The number of hydrogen-bond donors (Lipinski definition) is 0. The molecule has 0 unspecified atom stereocenters. The fraction of sp³-hybridized carbons (Fsp3) is 0.409. The molecule has 5 aliphatic carbocycles. The summed E-state index contributed by atoms with van der Waals surface area (Å²) in [6, 6.07) is 26.0. The van der Waals surface area contributed by atoms with Crippen molar-refractivity contribution in [3.8, 4) is 11.5 Å². The lowest BCUT2D eigenvalue weighted by Gasteiger charge is -2.35. The lowest BCUT2D eigenvalue weighted by atomic mass is 9.70. The van der Waals surface area contributed by atoms with Crippen LogP contribution >= 0.6 is 0 Å². The normalized spacial score (nSPS) is 29.7. The molecular formula is C44H44O8S2. The molecule has 4 aromatic rings. The van der Waals surface area contributed by atoms with Gasteiger partial charge in [-0.05, 0) is 91.8 Å². The number of hydrogen-bond acceptors (Lipinski definition) is 8. The van der Waals surface area contributed by atoms with Gasteiger partial charge in [0.25, 0.3) is 0 Å². The Hall–Kier alpha value is -4.28. The number of carbonyl (C=O) groups is 2. The summed E-state index contributed by atoms with van der Waals surface area (Å²) in [5.74, 6) is -0.690. The average molecular weight is 765 g/mol. The molecule has 0 N–H and O–H groups in total. The molecule has 4 aromatic carbocycles. The van der Waals surface area contributed by atoms with Gasteiger partial charge in [-0.3, -0.25) is 9.59 Å². The third kappa shape index (κ3) is 4.91. The van der Waals surface area contributed by atoms with Gasteiger partial charge >= 0.3 is 20.2 Å². The van der Waals surface area contributed by atoms with Crippen molar-refractivity contribution < 1.29 is 34.8 Å². The zero-order valence-electron chi connectivity index (χ0n) is 31.0. The fourth-order valence-corrected chi connectivity index (χ4v) is 14.7. The summed E-state index contributed by atoms with van der Waals surface area (Å²) < 4.78 is 69.5. The Morgan fingerprint density at radius 2 is 0.852 bits per heavy atom. The van der Waals surface area contributed by atoms with E-state index in [2.05, 4.69) is 0 Å². The van der Waals surface area contributed by atoms with Gasteiger partial charge in [0.1, 0.15) is 11.6 Å². The largest absolute Gasteiger partial charge is 0.382 e. The van der Waals surface area contributed by atoms with Crippen LogP contribution in [0.15, 0.2) is 84.9 Å². The van der Waals surface area contributed by atoms with E-state index < -0.39 is 53.4 Å². The second-order valence-electron chi connectivity index (χ2n) is 17.4. The van der Waals surface area contributed by atoms with Crippen LogP contribution in [0.2, 0.25) is 0 Å². The van der Waals surface area contributed by atoms with Crippen LogP contribution in [0.5, 0.6) is 11.5 Å². The van der Waals surface area contributed by atoms with Crippen LogP contribution < -0.4 is 8.37 Å². The van der Waals surface area contributed by atoms with Crippen LogP contribution in [0.1, 0.15) is 66.2 Å². The number of benzene rings is 4. The average Bonchev–Trinajstić information content (AvgIpc) is 3.64. The highest BCUT2D eigenvalue weighted by Crippen LogP contribution is 2.65. The van der Waals surface area contributed by atoms with E-state index in [1.807, 2.05) is 88.4 Å². The SMILES string of the molecule is CC1(C)[C@@H]2CC[C@@]1(CS(=O)(=O)Oc1cccc3/c1=c1/c(OS(=O)(=O)C[C@]45CC[C@H](CC4=O)C5(C)C)ccc/c1=c1\cccc\c1=c1/cccc/c1=3)C(=O)C2. The van der Waals surface area contributed by atoms with Crippen molar-refractivity contribution in [2.24, 2.45) is 33.5 Å². The van der Waals surface area contributed by atoms with Crippen molar-refractivity contribution in [2.45, 2.75) is 66.2 Å². The summed E-state index contributed by atoms with van der Waals surface area (Å²) in [6.07, 6.45) is 3.29. The Bertz CT molecular complexity index is 2760. The molecule has 280 valence electrons. The second kappa shape index (κ2) is 11.6. The van der Waals surface area contributed by atoms with Crippen molar-refractivity contribution >= 4 is 31.8 Å². The summed E-state index contributed by atoms with van der Waals surface area (Å²) in [7, 11) is -8.74. The Kier molecular flexibility index (Phi) is 7.62. The number of ketones is 2. The number of rotatable bonds is 8. The summed E-state index contributed by atoms with van der Waals surface area (Å²) >= 11 is 0. The molecule has 4 saturated carbocycles. The van der Waals surface area contributed by atoms with Crippen LogP contribution in [0.4, 0.5) is 0 Å². The molecule has 5 aliphatic rings. The Labute approximate surface area is 314 Å². The maximum atomic E-state index is 14.3. The smallest absolute Gasteiger partial charge is 0.310 e. The summed E-state index contributed by atoms with van der Waals surface area (Å²) in [6.45, 7) is 7.96. The minimum absolute atomic E-state index is 0.00918. The van der Waals surface area contributed by atoms with E-state index in [9.17, 15) is 26.4 Å². The molecule has 8 nitrogen and oxygen atoms in total. The molecule has 9 rings (SSSR count). The first-order valence-corrected chi connectivity index (χ1v) is 22.0. The van der Waals surface area contributed by atoms with Crippen LogP contribution in [0.3, 0.4) is 0 Å². The van der Waals surface area contributed by atoms with E-state index in [1.165, 1.54) is 0 Å². The van der Waals surface area contributed by atoms with Gasteiger partial charge in [-0.2, -0.15) is 16.8 Å². The van der Waals surface area contributed by atoms with E-state index >= 15 is 0 Å². The number of Topliss-reactive ketones (excluding diaryl/α,β-unsaturated/α-hetero) is 2. The van der Waals surface area contributed by atoms with Gasteiger partial charge in [0, 0.05) is 23.3 Å². The first kappa shape index (κ1) is 35.4. The summed E-state index contributed by atoms with van der Waals surface area (Å²) in [5.41, 5.74) is -3.08. The Balaban J connectivity index is 1.33. The molecule has 0 aliphatic heterocycles. The molecule has 0 aromatic heterocycles. The van der Waals surface area contributed by atoms with Crippen LogP contribution in [-0.4, -0.2) is 39.9 Å². The molecule has 0 radical (unpaired) electrons. The fourth-order valence-electron chi connectivity index (χ4n) is 11.2. The predicted molar refractivity (Wildman–Crippen MR) is 202 cm³/mol. The molecule has 4 bridgehead atoms. The van der Waals surface area contributed by atoms with Crippen molar-refractivity contribution in [3.63, 3.8) is 0 Å². The lowest BCUT2D eigenvalue weighted by Crippen LogP contribution is -2.43. The van der Waals surface area contributed by atoms with Crippen molar-refractivity contribution in [3.05, 3.63) is 127 Å². The van der Waals surface area contributed by atoms with Gasteiger partial charge in [0.15, 0.2) is 11.5 Å². The quantitative estimate of drug-likeness (QED) is 0.151. The second-order valence-corrected chi connectivity index (χ2v) is 20.5. The first-order valence-electron chi connectivity index (χ1n) is 18.9. The third-order valence-corrected chi connectivity index (χ3v) is 17.1. The summed E-state index contributed by atoms with van der Waals surface area (Å²) in [4.78, 5) is 26.9. The van der Waals surface area contributed by atoms with Crippen LogP contribution in [0, 0.1) is 75.2 Å². The summed E-state index contributed by atoms with van der Waals surface area (Å²) in [5, 5.41) is 5.38. The maximum absolute atomic E-state index is 14.3. The first-order chi connectivity index (χ1) is 25.5. The van der Waals surface area contributed by atoms with Crippen molar-refractivity contribution in [2.75, 3.05) is 11.5 Å². The van der Waals surface area contributed by atoms with E-state index in [4.69, 9.17) is 8.37 Å². The molecule has 4 fully saturated rings. The number of fused-ring (bicyclic) bond motifs is 8. The molecule has 0 heterocycles. The predicted octanol–water partition coefficient (Wildman–Crippen LogP) is 7.36. The highest BCUT2D eigenvalue weighted by Gasteiger charge is 2.66. The van der Waals surface area contributed by atoms with Gasteiger partial charge in [0.2, 0.25) is 0 Å². The zero-order chi connectivity index (χ0) is 38.1. The van der Waals surface area contributed by atoms with Crippen LogP contribution in [-0.2, 0) is 29.8 Å². The molecule has 0 spiro atoms. The minimum Gasteiger partial charge on any atom is -0.382 e. The standard InChI is InChI=1S/C44H44O8S2/c1-41(2)27-19-21-43(41,37(45)23-27)25-53(47,48)51-35-17-9-15-33-31-13-7-5-11-29(31)30-12-6-8-14-32(30)34-16-10-18-36(40(34)39(33)35)52-54(49,50)26-44-22-20-28(24-38(44)46)42(44,3)4/h5-18,27-28H,19-26H2,1-4H3/b30-29-,33-31-,34-32-,40-39-/t27-,28-,43-,44-/m1/s1. The minimum atomic E-state index is -4.37. The highest BCUT2D eigenvalue weighted by atomic mass is 32.2. The highest BCUT2D eigenvalue weighted by molar-refractivity contribution is 7.87. The lowest BCUT2D eigenvalue weighted by molar-refractivity contribution is -0.128. The third-order valence-electron chi connectivity index (χ3n) is 14.6. The molecule has 0 amide bonds. The Morgan fingerprint density at radius 3 is 1.17 bits per heavy atom. The molecule has 54 heavy (non-hydrogen) atoms. The van der Waals surface area contributed by atoms with E-state index in [1.54, 1.807) is 24.3 Å².